The summed E-state index contributed by atoms with van der Waals surface area (Å²) in [6.07, 6.45) is 2.51. The van der Waals surface area contributed by atoms with Gasteiger partial charge in [-0.05, 0) is 38.1 Å². The molecule has 1 aliphatic heterocycles. The van der Waals surface area contributed by atoms with E-state index in [9.17, 15) is 9.59 Å². The van der Waals surface area contributed by atoms with Crippen molar-refractivity contribution in [1.29, 1.82) is 0 Å². The Morgan fingerprint density at radius 2 is 1.97 bits per heavy atom. The molecule has 0 saturated carbocycles. The number of nitrogens with zero attached hydrogens (tertiary/aromatic N) is 4. The first-order chi connectivity index (χ1) is 15.0. The van der Waals surface area contributed by atoms with Crippen LogP contribution in [0, 0.1) is 0 Å². The Hall–Kier alpha value is -2.71. The van der Waals surface area contributed by atoms with E-state index in [0.717, 1.165) is 49.4 Å². The number of methoxy groups -OCH3 is 1. The Balaban J connectivity index is 1.92. The van der Waals surface area contributed by atoms with Gasteiger partial charge in [-0.25, -0.2) is 0 Å². The molecule has 2 amide bonds. The summed E-state index contributed by atoms with van der Waals surface area (Å²) < 4.78 is 10.4. The van der Waals surface area contributed by atoms with Crippen LogP contribution in [0.4, 0.5) is 5.69 Å². The SMILES string of the molecule is CCCc1cc(C(=O)N2CCN(C)CCCN(C(=O)COC)c3ccccc3C2)no1. The monoisotopic (exact) mass is 428 g/mol. The second-order valence-corrected chi connectivity index (χ2v) is 7.92. The molecule has 0 fully saturated rings. The zero-order chi connectivity index (χ0) is 22.2. The highest BCUT2D eigenvalue weighted by Crippen LogP contribution is 2.24. The van der Waals surface area contributed by atoms with Crippen molar-refractivity contribution in [3.63, 3.8) is 0 Å². The van der Waals surface area contributed by atoms with Gasteiger partial charge in [-0.1, -0.05) is 30.3 Å². The number of hydrogen-bond acceptors (Lipinski definition) is 6. The van der Waals surface area contributed by atoms with Crippen molar-refractivity contribution in [2.24, 2.45) is 0 Å². The molecular formula is C23H32N4O4. The summed E-state index contributed by atoms with van der Waals surface area (Å²) in [5, 5.41) is 4.01. The van der Waals surface area contributed by atoms with Gasteiger partial charge in [-0.3, -0.25) is 9.59 Å². The molecule has 168 valence electrons. The Labute approximate surface area is 183 Å². The van der Waals surface area contributed by atoms with Crippen molar-refractivity contribution in [2.75, 3.05) is 51.8 Å². The molecule has 1 aromatic heterocycles. The van der Waals surface area contributed by atoms with E-state index in [4.69, 9.17) is 9.26 Å². The van der Waals surface area contributed by atoms with Gasteiger partial charge in [0.05, 0.1) is 0 Å². The normalized spacial score (nSPS) is 16.0. The van der Waals surface area contributed by atoms with Crippen LogP contribution in [0.2, 0.25) is 0 Å². The molecule has 3 rings (SSSR count). The van der Waals surface area contributed by atoms with Crippen molar-refractivity contribution in [1.82, 2.24) is 15.0 Å². The van der Waals surface area contributed by atoms with Crippen molar-refractivity contribution in [3.05, 3.63) is 47.3 Å². The van der Waals surface area contributed by atoms with Gasteiger partial charge in [0.15, 0.2) is 5.69 Å². The number of carbonyl (C=O) groups excluding carboxylic acids is 2. The average molecular weight is 429 g/mol. The third-order valence-electron chi connectivity index (χ3n) is 5.45. The number of para-hydroxylation sites is 1. The van der Waals surface area contributed by atoms with Crippen LogP contribution in [0.25, 0.3) is 0 Å². The molecule has 0 atom stereocenters. The maximum atomic E-state index is 13.3. The molecule has 0 radical (unpaired) electrons. The van der Waals surface area contributed by atoms with Gasteiger partial charge in [-0.15, -0.1) is 0 Å². The number of likely N-dealkylation sites (N-methyl/N-ethyl adjacent to an activating group) is 1. The minimum atomic E-state index is -0.164. The standard InChI is InChI=1S/C23H32N4O4/c1-4-8-19-15-20(24-31-19)23(29)26-14-13-25(2)11-7-12-27(22(28)17-30-3)21-10-6-5-9-18(21)16-26/h5-6,9-10,15H,4,7-8,11-14,16-17H2,1-3H3. The van der Waals surface area contributed by atoms with Gasteiger partial charge in [-0.2, -0.15) is 0 Å². The Bertz CT molecular complexity index is 882. The van der Waals surface area contributed by atoms with Crippen LogP contribution in [0.3, 0.4) is 0 Å². The highest BCUT2D eigenvalue weighted by molar-refractivity contribution is 5.95. The van der Waals surface area contributed by atoms with Crippen molar-refractivity contribution in [3.8, 4) is 0 Å². The van der Waals surface area contributed by atoms with E-state index < -0.39 is 0 Å². The molecule has 1 aromatic carbocycles. The third kappa shape index (κ3) is 5.92. The van der Waals surface area contributed by atoms with Gasteiger partial charge >= 0.3 is 0 Å². The first kappa shape index (κ1) is 23.0. The molecule has 2 heterocycles. The van der Waals surface area contributed by atoms with Crippen molar-refractivity contribution < 1.29 is 18.8 Å². The van der Waals surface area contributed by atoms with Crippen LogP contribution in [0.5, 0.6) is 0 Å². The lowest BCUT2D eigenvalue weighted by atomic mass is 10.1. The van der Waals surface area contributed by atoms with Gasteiger partial charge in [0.2, 0.25) is 0 Å². The average Bonchev–Trinajstić information content (AvgIpc) is 3.22. The molecule has 1 aliphatic rings. The number of aryl methyl sites for hydroxylation is 1. The summed E-state index contributed by atoms with van der Waals surface area (Å²) in [7, 11) is 3.56. The quantitative estimate of drug-likeness (QED) is 0.728. The molecule has 31 heavy (non-hydrogen) atoms. The molecular weight excluding hydrogens is 396 g/mol. The molecule has 0 spiro atoms. The summed E-state index contributed by atoms with van der Waals surface area (Å²) in [6.45, 7) is 5.18. The Morgan fingerprint density at radius 1 is 1.16 bits per heavy atom. The maximum Gasteiger partial charge on any atom is 0.276 e. The lowest BCUT2D eigenvalue weighted by molar-refractivity contribution is -0.122. The number of anilines is 1. The molecule has 0 unspecified atom stereocenters. The van der Waals surface area contributed by atoms with Gasteiger partial charge in [0, 0.05) is 51.5 Å². The number of hydrogen-bond donors (Lipinski definition) is 0. The summed E-state index contributed by atoms with van der Waals surface area (Å²) in [5.41, 5.74) is 2.06. The fraction of sp³-hybridized carbons (Fsp3) is 0.522. The largest absolute Gasteiger partial charge is 0.375 e. The lowest BCUT2D eigenvalue weighted by Crippen LogP contribution is -2.37. The van der Waals surface area contributed by atoms with E-state index in [1.807, 2.05) is 31.3 Å². The van der Waals surface area contributed by atoms with Crippen LogP contribution in [-0.4, -0.2) is 73.7 Å². The molecule has 8 nitrogen and oxygen atoms in total. The number of aromatic nitrogens is 1. The number of rotatable bonds is 5. The van der Waals surface area contributed by atoms with Crippen molar-refractivity contribution >= 4 is 17.5 Å². The smallest absolute Gasteiger partial charge is 0.276 e. The molecule has 8 heteroatoms. The van der Waals surface area contributed by atoms with E-state index in [0.29, 0.717) is 25.3 Å². The van der Waals surface area contributed by atoms with Crippen LogP contribution >= 0.6 is 0 Å². The van der Waals surface area contributed by atoms with Gasteiger partial charge in [0.1, 0.15) is 12.4 Å². The number of benzene rings is 1. The lowest BCUT2D eigenvalue weighted by Gasteiger charge is -2.27. The van der Waals surface area contributed by atoms with E-state index in [2.05, 4.69) is 17.0 Å². The topological polar surface area (TPSA) is 79.1 Å². The summed E-state index contributed by atoms with van der Waals surface area (Å²) in [4.78, 5) is 31.8. The number of amides is 2. The summed E-state index contributed by atoms with van der Waals surface area (Å²) in [6, 6.07) is 9.49. The highest BCUT2D eigenvalue weighted by Gasteiger charge is 2.25. The number of carbonyl (C=O) groups is 2. The minimum Gasteiger partial charge on any atom is -0.375 e. The molecule has 0 aliphatic carbocycles. The van der Waals surface area contributed by atoms with Crippen LogP contribution in [-0.2, 0) is 22.5 Å². The zero-order valence-corrected chi connectivity index (χ0v) is 18.7. The molecule has 0 saturated heterocycles. The maximum absolute atomic E-state index is 13.3. The minimum absolute atomic E-state index is 0.0198. The Kier molecular flexibility index (Phi) is 8.20. The van der Waals surface area contributed by atoms with E-state index in [1.165, 1.54) is 7.11 Å². The zero-order valence-electron chi connectivity index (χ0n) is 18.7. The van der Waals surface area contributed by atoms with Crippen LogP contribution < -0.4 is 4.90 Å². The predicted molar refractivity (Wildman–Crippen MR) is 118 cm³/mol. The first-order valence-electron chi connectivity index (χ1n) is 10.8. The van der Waals surface area contributed by atoms with Gasteiger partial charge < -0.3 is 24.0 Å². The van der Waals surface area contributed by atoms with Crippen LogP contribution in [0.1, 0.15) is 41.6 Å². The van der Waals surface area contributed by atoms with Gasteiger partial charge in [0.25, 0.3) is 11.8 Å². The van der Waals surface area contributed by atoms with E-state index >= 15 is 0 Å². The summed E-state index contributed by atoms with van der Waals surface area (Å²) in [5.74, 6) is 0.469. The fourth-order valence-corrected chi connectivity index (χ4v) is 3.79. The second kappa shape index (κ2) is 11.1. The van der Waals surface area contributed by atoms with E-state index in [1.54, 1.807) is 15.9 Å². The first-order valence-corrected chi connectivity index (χ1v) is 10.8. The number of ether oxygens (including phenoxy) is 1. The fourth-order valence-electron chi connectivity index (χ4n) is 3.79. The third-order valence-corrected chi connectivity index (χ3v) is 5.45. The van der Waals surface area contributed by atoms with Crippen molar-refractivity contribution in [2.45, 2.75) is 32.7 Å². The molecule has 0 N–H and O–H groups in total. The predicted octanol–water partition coefficient (Wildman–Crippen LogP) is 2.58. The summed E-state index contributed by atoms with van der Waals surface area (Å²) >= 11 is 0. The van der Waals surface area contributed by atoms with E-state index in [-0.39, 0.29) is 18.4 Å². The molecule has 0 bridgehead atoms. The highest BCUT2D eigenvalue weighted by atomic mass is 16.5. The molecule has 2 aromatic rings. The number of fused-ring (bicyclic) bond motifs is 1. The van der Waals surface area contributed by atoms with Crippen LogP contribution in [0.15, 0.2) is 34.9 Å². The second-order valence-electron chi connectivity index (χ2n) is 7.92. The Morgan fingerprint density at radius 3 is 2.74 bits per heavy atom.